The number of allylic oxidation sites excluding steroid dienone is 2. The van der Waals surface area contributed by atoms with Crippen molar-refractivity contribution in [3.05, 3.63) is 36.1 Å². The molecule has 0 saturated heterocycles. The van der Waals surface area contributed by atoms with Crippen LogP contribution in [-0.4, -0.2) is 31.1 Å². The van der Waals surface area contributed by atoms with Crippen LogP contribution in [0.15, 0.2) is 36.1 Å². The van der Waals surface area contributed by atoms with E-state index in [9.17, 15) is 14.4 Å². The minimum absolute atomic E-state index is 0.0363. The topological polar surface area (TPSA) is 78.9 Å². The van der Waals surface area contributed by atoms with Crippen LogP contribution in [0.1, 0.15) is 59.3 Å². The van der Waals surface area contributed by atoms with Gasteiger partial charge in [-0.1, -0.05) is 38.7 Å². The van der Waals surface area contributed by atoms with E-state index < -0.39 is 23.6 Å². The van der Waals surface area contributed by atoms with Crippen molar-refractivity contribution in [2.45, 2.75) is 65.6 Å². The van der Waals surface area contributed by atoms with Crippen LogP contribution in [0, 0.1) is 22.7 Å². The Morgan fingerprint density at radius 2 is 2.07 bits per heavy atom. The van der Waals surface area contributed by atoms with E-state index >= 15 is 0 Å². The zero-order chi connectivity index (χ0) is 22.3. The van der Waals surface area contributed by atoms with Gasteiger partial charge < -0.3 is 14.2 Å². The summed E-state index contributed by atoms with van der Waals surface area (Å²) in [5.74, 6) is -0.771. The summed E-state index contributed by atoms with van der Waals surface area (Å²) in [5.41, 5.74) is 0.677. The minimum Gasteiger partial charge on any atom is -0.463 e. The molecule has 0 amide bonds. The van der Waals surface area contributed by atoms with Gasteiger partial charge in [0, 0.05) is 25.3 Å². The van der Waals surface area contributed by atoms with E-state index in [0.29, 0.717) is 24.3 Å². The van der Waals surface area contributed by atoms with Crippen molar-refractivity contribution in [3.63, 3.8) is 0 Å². The van der Waals surface area contributed by atoms with Crippen molar-refractivity contribution < 1.29 is 28.6 Å². The normalized spacial score (nSPS) is 35.1. The van der Waals surface area contributed by atoms with Crippen LogP contribution in [0.25, 0.3) is 0 Å². The van der Waals surface area contributed by atoms with Gasteiger partial charge in [0.1, 0.15) is 5.78 Å². The standard InChI is InChI=1S/C24H32O6/c1-7-14(2)8-10-23(5)15(3)9-11-24-18(12-17(26)13-19(23)24)20(21(27)28-6)30-22(24)29-16(4)25/h7,15,19,22H,1-2,8-13H2,3-6H3/t15-,19?,22?,23-,24-/m0/s1. The van der Waals surface area contributed by atoms with E-state index in [0.717, 1.165) is 24.8 Å². The molecule has 0 aromatic rings. The summed E-state index contributed by atoms with van der Waals surface area (Å²) in [6.07, 6.45) is 4.51. The van der Waals surface area contributed by atoms with Crippen LogP contribution in [0.4, 0.5) is 0 Å². The lowest BCUT2D eigenvalue weighted by Gasteiger charge is -2.58. The maximum Gasteiger partial charge on any atom is 0.373 e. The molecule has 30 heavy (non-hydrogen) atoms. The molecular weight excluding hydrogens is 384 g/mol. The summed E-state index contributed by atoms with van der Waals surface area (Å²) in [4.78, 5) is 37.2. The van der Waals surface area contributed by atoms with E-state index in [4.69, 9.17) is 14.2 Å². The van der Waals surface area contributed by atoms with Gasteiger partial charge in [0.05, 0.1) is 12.5 Å². The molecular formula is C24H32O6. The molecule has 2 saturated carbocycles. The van der Waals surface area contributed by atoms with Gasteiger partial charge in [-0.25, -0.2) is 4.79 Å². The number of ether oxygens (including phenoxy) is 3. The Hall–Kier alpha value is -2.37. The Morgan fingerprint density at radius 3 is 2.67 bits per heavy atom. The third-order valence-electron chi connectivity index (χ3n) is 7.74. The maximum absolute atomic E-state index is 12.8. The number of esters is 2. The number of carbonyl (C=O) groups excluding carboxylic acids is 3. The molecule has 0 aromatic carbocycles. The molecule has 1 aliphatic heterocycles. The largest absolute Gasteiger partial charge is 0.463 e. The fourth-order valence-corrected chi connectivity index (χ4v) is 5.83. The van der Waals surface area contributed by atoms with Crippen LogP contribution in [0.3, 0.4) is 0 Å². The number of hydrogen-bond acceptors (Lipinski definition) is 6. The summed E-state index contributed by atoms with van der Waals surface area (Å²) in [6, 6.07) is 0. The van der Waals surface area contributed by atoms with Crippen LogP contribution in [-0.2, 0) is 28.6 Å². The summed E-state index contributed by atoms with van der Waals surface area (Å²) in [5, 5.41) is 0. The van der Waals surface area contributed by atoms with Gasteiger partial charge >= 0.3 is 11.9 Å². The van der Waals surface area contributed by atoms with Crippen molar-refractivity contribution in [1.29, 1.82) is 0 Å². The van der Waals surface area contributed by atoms with Crippen LogP contribution in [0.5, 0.6) is 0 Å². The number of carbonyl (C=O) groups is 3. The molecule has 0 radical (unpaired) electrons. The van der Waals surface area contributed by atoms with E-state index in [2.05, 4.69) is 27.0 Å². The van der Waals surface area contributed by atoms with Gasteiger partial charge in [0.25, 0.3) is 6.29 Å². The Labute approximate surface area is 178 Å². The molecule has 0 aromatic heterocycles. The second-order valence-corrected chi connectivity index (χ2v) is 9.18. The molecule has 2 aliphatic carbocycles. The average molecular weight is 417 g/mol. The van der Waals surface area contributed by atoms with Crippen molar-refractivity contribution in [2.75, 3.05) is 7.11 Å². The summed E-state index contributed by atoms with van der Waals surface area (Å²) < 4.78 is 16.5. The molecule has 1 spiro atoms. The molecule has 0 bridgehead atoms. The molecule has 3 aliphatic rings. The van der Waals surface area contributed by atoms with Crippen LogP contribution >= 0.6 is 0 Å². The first-order valence-electron chi connectivity index (χ1n) is 10.6. The fraction of sp³-hybridized carbons (Fsp3) is 0.625. The van der Waals surface area contributed by atoms with Gasteiger partial charge in [0.2, 0.25) is 5.76 Å². The molecule has 164 valence electrons. The minimum atomic E-state index is -0.924. The lowest BCUT2D eigenvalue weighted by atomic mass is 9.45. The molecule has 3 rings (SSSR count). The molecule has 2 unspecified atom stereocenters. The van der Waals surface area contributed by atoms with Crippen molar-refractivity contribution in [1.82, 2.24) is 0 Å². The second-order valence-electron chi connectivity index (χ2n) is 9.18. The lowest BCUT2D eigenvalue weighted by Crippen LogP contribution is -2.57. The fourth-order valence-electron chi connectivity index (χ4n) is 5.83. The van der Waals surface area contributed by atoms with Crippen molar-refractivity contribution >= 4 is 17.7 Å². The predicted molar refractivity (Wildman–Crippen MR) is 111 cm³/mol. The van der Waals surface area contributed by atoms with E-state index in [-0.39, 0.29) is 29.3 Å². The Balaban J connectivity index is 2.14. The zero-order valence-corrected chi connectivity index (χ0v) is 18.4. The smallest absolute Gasteiger partial charge is 0.373 e. The highest BCUT2D eigenvalue weighted by Gasteiger charge is 2.67. The number of rotatable bonds is 6. The molecule has 5 atom stereocenters. The van der Waals surface area contributed by atoms with Crippen molar-refractivity contribution in [2.24, 2.45) is 22.7 Å². The van der Waals surface area contributed by atoms with Crippen LogP contribution < -0.4 is 0 Å². The number of methoxy groups -OCH3 is 1. The quantitative estimate of drug-likeness (QED) is 0.476. The second kappa shape index (κ2) is 8.05. The number of hydrogen-bond donors (Lipinski definition) is 0. The van der Waals surface area contributed by atoms with Gasteiger partial charge in [-0.2, -0.15) is 0 Å². The number of ketones is 1. The van der Waals surface area contributed by atoms with Crippen LogP contribution in [0.2, 0.25) is 0 Å². The van der Waals surface area contributed by atoms with Gasteiger partial charge in [-0.05, 0) is 42.9 Å². The van der Waals surface area contributed by atoms with Gasteiger partial charge in [-0.3, -0.25) is 9.59 Å². The Bertz CT molecular complexity index is 824. The van der Waals surface area contributed by atoms with Gasteiger partial charge in [-0.15, -0.1) is 0 Å². The molecule has 6 nitrogen and oxygen atoms in total. The third-order valence-corrected chi connectivity index (χ3v) is 7.74. The summed E-state index contributed by atoms with van der Waals surface area (Å²) >= 11 is 0. The summed E-state index contributed by atoms with van der Waals surface area (Å²) in [6.45, 7) is 13.6. The highest BCUT2D eigenvalue weighted by Crippen LogP contribution is 2.67. The Morgan fingerprint density at radius 1 is 1.37 bits per heavy atom. The first kappa shape index (κ1) is 22.3. The third kappa shape index (κ3) is 3.40. The molecule has 2 fully saturated rings. The summed E-state index contributed by atoms with van der Waals surface area (Å²) in [7, 11) is 1.28. The molecule has 1 heterocycles. The first-order valence-corrected chi connectivity index (χ1v) is 10.6. The monoisotopic (exact) mass is 416 g/mol. The predicted octanol–water partition coefficient (Wildman–Crippen LogP) is 4.26. The first-order chi connectivity index (χ1) is 14.1. The van der Waals surface area contributed by atoms with E-state index in [1.165, 1.54) is 14.0 Å². The van der Waals surface area contributed by atoms with E-state index in [1.54, 1.807) is 6.08 Å². The lowest BCUT2D eigenvalue weighted by molar-refractivity contribution is -0.212. The molecule has 0 N–H and O–H groups in total. The highest BCUT2D eigenvalue weighted by molar-refractivity contribution is 5.92. The highest BCUT2D eigenvalue weighted by atomic mass is 16.7. The zero-order valence-electron chi connectivity index (χ0n) is 18.4. The number of Topliss-reactive ketones (excluding diaryl/α,β-unsaturated/α-hetero) is 1. The average Bonchev–Trinajstić information content (AvgIpc) is 3.01. The van der Waals surface area contributed by atoms with E-state index in [1.807, 2.05) is 0 Å². The maximum atomic E-state index is 12.8. The SMILES string of the molecule is C=CC(=C)CC[C@]1(C)C2CC(=O)CC3=C(C(=O)OC)OC(OC(C)=O)[C@@]32CC[C@@H]1C. The van der Waals surface area contributed by atoms with Gasteiger partial charge in [0.15, 0.2) is 0 Å². The molecule has 6 heteroatoms. The van der Waals surface area contributed by atoms with Crippen molar-refractivity contribution in [3.8, 4) is 0 Å². The Kier molecular flexibility index (Phi) is 5.99.